The normalized spacial score (nSPS) is 15.9. The summed E-state index contributed by atoms with van der Waals surface area (Å²) in [5.74, 6) is -1.36. The Morgan fingerprint density at radius 3 is 2.38 bits per heavy atom. The molecule has 9 heteroatoms. The van der Waals surface area contributed by atoms with E-state index in [9.17, 15) is 18.8 Å². The van der Waals surface area contributed by atoms with E-state index in [1.807, 2.05) is 0 Å². The number of esters is 1. The molecule has 0 aliphatic carbocycles. The number of halogens is 1. The summed E-state index contributed by atoms with van der Waals surface area (Å²) in [6.07, 6.45) is 0. The number of urea groups is 1. The van der Waals surface area contributed by atoms with Gasteiger partial charge in [0.1, 0.15) is 12.4 Å². The van der Waals surface area contributed by atoms with Crippen LogP contribution in [0.3, 0.4) is 0 Å². The van der Waals surface area contributed by atoms with E-state index in [1.165, 1.54) is 36.3 Å². The van der Waals surface area contributed by atoms with Gasteiger partial charge >= 0.3 is 12.0 Å². The molecule has 0 radical (unpaired) electrons. The van der Waals surface area contributed by atoms with Crippen LogP contribution in [0.15, 0.2) is 59.8 Å². The third-order valence-corrected chi connectivity index (χ3v) is 5.10. The number of ether oxygens (including phenoxy) is 2. The van der Waals surface area contributed by atoms with Crippen molar-refractivity contribution in [2.45, 2.75) is 13.0 Å². The molecule has 2 aromatic carbocycles. The number of hydrogen-bond donors (Lipinski definition) is 2. The first kappa shape index (κ1) is 23.0. The van der Waals surface area contributed by atoms with E-state index in [2.05, 4.69) is 10.6 Å². The summed E-state index contributed by atoms with van der Waals surface area (Å²) in [4.78, 5) is 38.7. The van der Waals surface area contributed by atoms with E-state index in [0.717, 1.165) is 0 Å². The zero-order valence-electron chi connectivity index (χ0n) is 18.0. The van der Waals surface area contributed by atoms with Crippen LogP contribution in [0.1, 0.15) is 28.9 Å². The molecule has 3 amide bonds. The summed E-state index contributed by atoms with van der Waals surface area (Å²) >= 11 is 0. The molecule has 0 saturated carbocycles. The van der Waals surface area contributed by atoms with Crippen LogP contribution in [-0.4, -0.2) is 50.2 Å². The standard InChI is InChI=1S/C23H24FN3O5/c1-14-19(22(29)32-13-12-31-3)20(26-23(30)27(14)2)15-6-10-18(11-7-15)25-21(28)16-4-8-17(24)9-5-16/h4-11,20H,12-13H2,1-3H3,(H,25,28)(H,26,30). The first-order chi connectivity index (χ1) is 15.3. The lowest BCUT2D eigenvalue weighted by Crippen LogP contribution is -2.46. The number of amides is 3. The number of carbonyl (C=O) groups is 3. The third-order valence-electron chi connectivity index (χ3n) is 5.10. The zero-order chi connectivity index (χ0) is 23.3. The maximum Gasteiger partial charge on any atom is 0.338 e. The van der Waals surface area contributed by atoms with Gasteiger partial charge in [-0.05, 0) is 48.9 Å². The lowest BCUT2D eigenvalue weighted by molar-refractivity contribution is -0.140. The minimum absolute atomic E-state index is 0.0881. The van der Waals surface area contributed by atoms with Crippen LogP contribution in [0.25, 0.3) is 0 Å². The van der Waals surface area contributed by atoms with E-state index in [0.29, 0.717) is 28.1 Å². The average Bonchev–Trinajstić information content (AvgIpc) is 2.78. The van der Waals surface area contributed by atoms with Crippen LogP contribution in [-0.2, 0) is 14.3 Å². The largest absolute Gasteiger partial charge is 0.460 e. The predicted octanol–water partition coefficient (Wildman–Crippen LogP) is 3.24. The Morgan fingerprint density at radius 1 is 1.09 bits per heavy atom. The molecule has 0 aromatic heterocycles. The molecule has 0 saturated heterocycles. The minimum Gasteiger partial charge on any atom is -0.460 e. The number of hydrogen-bond acceptors (Lipinski definition) is 5. The van der Waals surface area contributed by atoms with E-state index in [-0.39, 0.29) is 25.2 Å². The number of methoxy groups -OCH3 is 1. The van der Waals surface area contributed by atoms with Crippen LogP contribution < -0.4 is 10.6 Å². The second-order valence-electron chi connectivity index (χ2n) is 7.15. The van der Waals surface area contributed by atoms with Crippen molar-refractivity contribution < 1.29 is 28.2 Å². The average molecular weight is 441 g/mol. The molecule has 2 N–H and O–H groups in total. The van der Waals surface area contributed by atoms with Crippen molar-refractivity contribution in [3.05, 3.63) is 76.7 Å². The molecule has 1 aliphatic heterocycles. The van der Waals surface area contributed by atoms with Crippen LogP contribution in [0, 0.1) is 5.82 Å². The van der Waals surface area contributed by atoms with Gasteiger partial charge in [0.25, 0.3) is 5.91 Å². The maximum atomic E-state index is 13.0. The predicted molar refractivity (Wildman–Crippen MR) is 115 cm³/mol. The second-order valence-corrected chi connectivity index (χ2v) is 7.15. The monoisotopic (exact) mass is 441 g/mol. The minimum atomic E-state index is -0.712. The highest BCUT2D eigenvalue weighted by molar-refractivity contribution is 6.04. The number of carbonyl (C=O) groups excluding carboxylic acids is 3. The second kappa shape index (κ2) is 10.1. The summed E-state index contributed by atoms with van der Waals surface area (Å²) in [6, 6.07) is 10.9. The number of anilines is 1. The molecular weight excluding hydrogens is 417 g/mol. The lowest BCUT2D eigenvalue weighted by Gasteiger charge is -2.33. The Labute approximate surface area is 185 Å². The van der Waals surface area contributed by atoms with Gasteiger partial charge in [0.2, 0.25) is 0 Å². The van der Waals surface area contributed by atoms with Gasteiger partial charge in [-0.15, -0.1) is 0 Å². The molecule has 2 aromatic rings. The topological polar surface area (TPSA) is 97.0 Å². The highest BCUT2D eigenvalue weighted by Gasteiger charge is 2.35. The maximum absolute atomic E-state index is 13.0. The third kappa shape index (κ3) is 5.12. The molecule has 168 valence electrons. The van der Waals surface area contributed by atoms with E-state index in [4.69, 9.17) is 9.47 Å². The van der Waals surface area contributed by atoms with Gasteiger partial charge in [-0.3, -0.25) is 4.79 Å². The fourth-order valence-electron chi connectivity index (χ4n) is 3.21. The highest BCUT2D eigenvalue weighted by atomic mass is 19.1. The Bertz CT molecular complexity index is 1030. The molecule has 0 fully saturated rings. The van der Waals surface area contributed by atoms with Gasteiger partial charge in [0.15, 0.2) is 0 Å². The van der Waals surface area contributed by atoms with Gasteiger partial charge in [0, 0.05) is 31.1 Å². The molecule has 32 heavy (non-hydrogen) atoms. The molecule has 0 bridgehead atoms. The van der Waals surface area contributed by atoms with Crippen LogP contribution in [0.4, 0.5) is 14.9 Å². The van der Waals surface area contributed by atoms with Crippen LogP contribution in [0.2, 0.25) is 0 Å². The molecule has 1 atom stereocenters. The Kier molecular flexibility index (Phi) is 7.21. The van der Waals surface area contributed by atoms with E-state index >= 15 is 0 Å². The summed E-state index contributed by atoms with van der Waals surface area (Å²) in [7, 11) is 3.07. The van der Waals surface area contributed by atoms with Crippen molar-refractivity contribution in [3.63, 3.8) is 0 Å². The number of nitrogens with one attached hydrogen (secondary N) is 2. The number of nitrogens with zero attached hydrogens (tertiary/aromatic N) is 1. The quantitative estimate of drug-likeness (QED) is 0.508. The van der Waals surface area contributed by atoms with E-state index < -0.39 is 17.8 Å². The molecule has 0 spiro atoms. The van der Waals surface area contributed by atoms with Gasteiger partial charge < -0.3 is 25.0 Å². The highest BCUT2D eigenvalue weighted by Crippen LogP contribution is 2.31. The van der Waals surface area contributed by atoms with Crippen LogP contribution in [0.5, 0.6) is 0 Å². The number of benzene rings is 2. The van der Waals surface area contributed by atoms with Crippen molar-refractivity contribution in [3.8, 4) is 0 Å². The Hall–Kier alpha value is -3.72. The van der Waals surface area contributed by atoms with Crippen molar-refractivity contribution in [1.29, 1.82) is 0 Å². The molecule has 1 heterocycles. The van der Waals surface area contributed by atoms with Crippen molar-refractivity contribution in [2.24, 2.45) is 0 Å². The van der Waals surface area contributed by atoms with Crippen molar-refractivity contribution in [1.82, 2.24) is 10.2 Å². The first-order valence-electron chi connectivity index (χ1n) is 9.89. The van der Waals surface area contributed by atoms with Crippen molar-refractivity contribution >= 4 is 23.6 Å². The van der Waals surface area contributed by atoms with Gasteiger partial charge in [0.05, 0.1) is 18.2 Å². The molecule has 1 unspecified atom stereocenters. The lowest BCUT2D eigenvalue weighted by atomic mass is 9.95. The smallest absolute Gasteiger partial charge is 0.338 e. The molecular formula is C23H24FN3O5. The van der Waals surface area contributed by atoms with Gasteiger partial charge in [-0.2, -0.15) is 0 Å². The number of allylic oxidation sites excluding steroid dienone is 1. The SMILES string of the molecule is COCCOC(=O)C1=C(C)N(C)C(=O)NC1c1ccc(NC(=O)c2ccc(F)cc2)cc1. The summed E-state index contributed by atoms with van der Waals surface area (Å²) in [5, 5.41) is 5.53. The summed E-state index contributed by atoms with van der Waals surface area (Å²) < 4.78 is 23.2. The molecule has 1 aliphatic rings. The Morgan fingerprint density at radius 2 is 1.75 bits per heavy atom. The zero-order valence-corrected chi connectivity index (χ0v) is 18.0. The molecule has 8 nitrogen and oxygen atoms in total. The number of rotatable bonds is 7. The fraction of sp³-hybridized carbons (Fsp3) is 0.261. The first-order valence-corrected chi connectivity index (χ1v) is 9.89. The summed E-state index contributed by atoms with van der Waals surface area (Å²) in [5.41, 5.74) is 2.26. The van der Waals surface area contributed by atoms with E-state index in [1.54, 1.807) is 38.2 Å². The van der Waals surface area contributed by atoms with Gasteiger partial charge in [-0.1, -0.05) is 12.1 Å². The fourth-order valence-corrected chi connectivity index (χ4v) is 3.21. The van der Waals surface area contributed by atoms with Gasteiger partial charge in [-0.25, -0.2) is 14.0 Å². The van der Waals surface area contributed by atoms with Crippen molar-refractivity contribution in [2.75, 3.05) is 32.7 Å². The van der Waals surface area contributed by atoms with Crippen LogP contribution >= 0.6 is 0 Å². The molecule has 3 rings (SSSR count). The summed E-state index contributed by atoms with van der Waals surface area (Å²) in [6.45, 7) is 2.02. The Balaban J connectivity index is 1.80.